The van der Waals surface area contributed by atoms with Crippen LogP contribution in [0.2, 0.25) is 0 Å². The summed E-state index contributed by atoms with van der Waals surface area (Å²) in [6, 6.07) is 10.1. The van der Waals surface area contributed by atoms with Crippen LogP contribution in [0.3, 0.4) is 0 Å². The van der Waals surface area contributed by atoms with Crippen molar-refractivity contribution in [3.05, 3.63) is 41.5 Å². The smallest absolute Gasteiger partial charge is 0.254 e. The molecule has 106 valence electrons. The number of thiophene rings is 1. The van der Waals surface area contributed by atoms with Gasteiger partial charge in [0.1, 0.15) is 0 Å². The molecule has 1 amide bonds. The highest BCUT2D eigenvalue weighted by molar-refractivity contribution is 7.19. The Hall–Kier alpha value is -1.81. The van der Waals surface area contributed by atoms with Crippen LogP contribution in [-0.4, -0.2) is 12.5 Å². The third kappa shape index (κ3) is 2.85. The Labute approximate surface area is 123 Å². The van der Waals surface area contributed by atoms with Gasteiger partial charge in [-0.05, 0) is 24.0 Å². The Morgan fingerprint density at radius 3 is 2.55 bits per heavy atom. The molecule has 0 saturated carbocycles. The second kappa shape index (κ2) is 6.57. The average molecular weight is 288 g/mol. The van der Waals surface area contributed by atoms with Gasteiger partial charge in [0, 0.05) is 11.4 Å². The molecule has 0 unspecified atom stereocenters. The monoisotopic (exact) mass is 288 g/mol. The molecule has 1 aromatic heterocycles. The zero-order valence-corrected chi connectivity index (χ0v) is 12.7. The van der Waals surface area contributed by atoms with Gasteiger partial charge < -0.3 is 11.1 Å². The zero-order chi connectivity index (χ0) is 14.5. The lowest BCUT2D eigenvalue weighted by molar-refractivity contribution is 0.0954. The first-order valence-corrected chi connectivity index (χ1v) is 7.75. The van der Waals surface area contributed by atoms with Crippen molar-refractivity contribution < 1.29 is 4.79 Å². The van der Waals surface area contributed by atoms with Crippen LogP contribution >= 0.6 is 11.3 Å². The van der Waals surface area contributed by atoms with Gasteiger partial charge in [-0.25, -0.2) is 0 Å². The molecular weight excluding hydrogens is 268 g/mol. The molecule has 1 heterocycles. The zero-order valence-electron chi connectivity index (χ0n) is 11.9. The largest absolute Gasteiger partial charge is 0.390 e. The molecule has 0 spiro atoms. The van der Waals surface area contributed by atoms with Crippen molar-refractivity contribution in [3.8, 4) is 10.4 Å². The Kier molecular flexibility index (Phi) is 4.79. The van der Waals surface area contributed by atoms with E-state index in [1.165, 1.54) is 11.3 Å². The fourth-order valence-corrected chi connectivity index (χ4v) is 3.38. The molecule has 0 aliphatic heterocycles. The minimum absolute atomic E-state index is 0.0559. The molecule has 3 N–H and O–H groups in total. The summed E-state index contributed by atoms with van der Waals surface area (Å²) >= 11 is 1.50. The molecule has 0 saturated heterocycles. The fraction of sp³-hybridized carbons (Fsp3) is 0.312. The van der Waals surface area contributed by atoms with Gasteiger partial charge in [-0.1, -0.05) is 44.2 Å². The van der Waals surface area contributed by atoms with Crippen molar-refractivity contribution >= 4 is 22.2 Å². The molecule has 0 atom stereocenters. The lowest BCUT2D eigenvalue weighted by atomic mass is 10.0. The topological polar surface area (TPSA) is 55.1 Å². The molecule has 0 fully saturated rings. The Morgan fingerprint density at radius 1 is 1.25 bits per heavy atom. The molecule has 2 aromatic rings. The maximum absolute atomic E-state index is 12.3. The van der Waals surface area contributed by atoms with Gasteiger partial charge in [0.2, 0.25) is 0 Å². The number of hydrogen-bond donors (Lipinski definition) is 2. The van der Waals surface area contributed by atoms with Crippen LogP contribution in [-0.2, 0) is 6.42 Å². The number of hydrogen-bond acceptors (Lipinski definition) is 3. The number of rotatable bonds is 5. The molecule has 0 aliphatic rings. The van der Waals surface area contributed by atoms with Crippen molar-refractivity contribution in [3.63, 3.8) is 0 Å². The van der Waals surface area contributed by atoms with Gasteiger partial charge in [-0.2, -0.15) is 0 Å². The van der Waals surface area contributed by atoms with E-state index in [0.717, 1.165) is 28.8 Å². The SMILES string of the molecule is CCCNC(=O)c1c(N)sc(-c2ccccc2)c1CC. The number of anilines is 1. The summed E-state index contributed by atoms with van der Waals surface area (Å²) in [6.07, 6.45) is 1.72. The van der Waals surface area contributed by atoms with Crippen LogP contribution in [0.4, 0.5) is 5.00 Å². The Balaban J connectivity index is 2.44. The highest BCUT2D eigenvalue weighted by Crippen LogP contribution is 2.38. The molecular formula is C16H20N2OS. The predicted molar refractivity (Wildman–Crippen MR) is 86.2 cm³/mol. The lowest BCUT2D eigenvalue weighted by Gasteiger charge is -2.06. The number of nitrogens with two attached hydrogens (primary N) is 1. The Morgan fingerprint density at radius 2 is 1.95 bits per heavy atom. The number of carbonyl (C=O) groups excluding carboxylic acids is 1. The van der Waals surface area contributed by atoms with Crippen LogP contribution in [0.1, 0.15) is 36.2 Å². The minimum atomic E-state index is -0.0559. The van der Waals surface area contributed by atoms with Crippen molar-refractivity contribution in [2.75, 3.05) is 12.3 Å². The predicted octanol–water partition coefficient (Wildman–Crippen LogP) is 3.70. The fourth-order valence-electron chi connectivity index (χ4n) is 2.22. The molecule has 20 heavy (non-hydrogen) atoms. The van der Waals surface area contributed by atoms with Crippen molar-refractivity contribution in [1.82, 2.24) is 5.32 Å². The van der Waals surface area contributed by atoms with Crippen LogP contribution in [0.15, 0.2) is 30.3 Å². The standard InChI is InChI=1S/C16H20N2OS/c1-3-10-18-16(19)13-12(4-2)14(20-15(13)17)11-8-6-5-7-9-11/h5-9H,3-4,10,17H2,1-2H3,(H,18,19). The van der Waals surface area contributed by atoms with Crippen LogP contribution in [0, 0.1) is 0 Å². The van der Waals surface area contributed by atoms with Crippen molar-refractivity contribution in [2.45, 2.75) is 26.7 Å². The third-order valence-corrected chi connectivity index (χ3v) is 4.30. The summed E-state index contributed by atoms with van der Waals surface area (Å²) in [4.78, 5) is 13.4. The molecule has 1 aromatic carbocycles. The average Bonchev–Trinajstić information content (AvgIpc) is 2.82. The normalized spacial score (nSPS) is 10.5. The first kappa shape index (κ1) is 14.6. The van der Waals surface area contributed by atoms with E-state index in [1.807, 2.05) is 25.1 Å². The van der Waals surface area contributed by atoms with E-state index in [0.29, 0.717) is 17.1 Å². The lowest BCUT2D eigenvalue weighted by Crippen LogP contribution is -2.25. The minimum Gasteiger partial charge on any atom is -0.390 e. The summed E-state index contributed by atoms with van der Waals surface area (Å²) in [6.45, 7) is 4.77. The third-order valence-electron chi connectivity index (χ3n) is 3.19. The second-order valence-electron chi connectivity index (χ2n) is 4.62. The number of carbonyl (C=O) groups is 1. The number of benzene rings is 1. The Bertz CT molecular complexity index is 590. The van der Waals surface area contributed by atoms with Crippen LogP contribution < -0.4 is 11.1 Å². The summed E-state index contributed by atoms with van der Waals surface area (Å²) in [5.41, 5.74) is 8.91. The first-order chi connectivity index (χ1) is 9.69. The summed E-state index contributed by atoms with van der Waals surface area (Å²) in [7, 11) is 0. The van der Waals surface area contributed by atoms with E-state index in [4.69, 9.17) is 5.73 Å². The molecule has 0 bridgehead atoms. The van der Waals surface area contributed by atoms with E-state index in [1.54, 1.807) is 0 Å². The molecule has 0 aliphatic carbocycles. The number of nitrogen functional groups attached to an aromatic ring is 1. The van der Waals surface area contributed by atoms with Crippen LogP contribution in [0.25, 0.3) is 10.4 Å². The van der Waals surface area contributed by atoms with Gasteiger partial charge in [-0.15, -0.1) is 11.3 Å². The maximum Gasteiger partial charge on any atom is 0.254 e. The van der Waals surface area contributed by atoms with Crippen molar-refractivity contribution in [2.24, 2.45) is 0 Å². The molecule has 4 heteroatoms. The second-order valence-corrected chi connectivity index (χ2v) is 5.68. The maximum atomic E-state index is 12.3. The highest BCUT2D eigenvalue weighted by Gasteiger charge is 2.21. The van der Waals surface area contributed by atoms with E-state index in [-0.39, 0.29) is 5.91 Å². The first-order valence-electron chi connectivity index (χ1n) is 6.93. The van der Waals surface area contributed by atoms with Gasteiger partial charge in [0.15, 0.2) is 0 Å². The van der Waals surface area contributed by atoms with Gasteiger partial charge in [-0.3, -0.25) is 4.79 Å². The van der Waals surface area contributed by atoms with E-state index < -0.39 is 0 Å². The number of amides is 1. The van der Waals surface area contributed by atoms with Gasteiger partial charge in [0.25, 0.3) is 5.91 Å². The van der Waals surface area contributed by atoms with E-state index in [9.17, 15) is 4.79 Å². The molecule has 0 radical (unpaired) electrons. The van der Waals surface area contributed by atoms with E-state index in [2.05, 4.69) is 24.4 Å². The highest BCUT2D eigenvalue weighted by atomic mass is 32.1. The summed E-state index contributed by atoms with van der Waals surface area (Å²) in [5, 5.41) is 3.52. The van der Waals surface area contributed by atoms with E-state index >= 15 is 0 Å². The molecule has 2 rings (SSSR count). The molecule has 3 nitrogen and oxygen atoms in total. The van der Waals surface area contributed by atoms with Crippen molar-refractivity contribution in [1.29, 1.82) is 0 Å². The summed E-state index contributed by atoms with van der Waals surface area (Å²) in [5.74, 6) is -0.0559. The summed E-state index contributed by atoms with van der Waals surface area (Å²) < 4.78 is 0. The number of nitrogens with one attached hydrogen (secondary N) is 1. The van der Waals surface area contributed by atoms with Gasteiger partial charge in [0.05, 0.1) is 10.6 Å². The quantitative estimate of drug-likeness (QED) is 0.881. The van der Waals surface area contributed by atoms with Crippen LogP contribution in [0.5, 0.6) is 0 Å². The van der Waals surface area contributed by atoms with Gasteiger partial charge >= 0.3 is 0 Å².